The van der Waals surface area contributed by atoms with Gasteiger partial charge in [-0.05, 0) is 25.8 Å². The highest BCUT2D eigenvalue weighted by Gasteiger charge is 2.35. The molecule has 4 heteroatoms. The van der Waals surface area contributed by atoms with Crippen molar-refractivity contribution in [3.63, 3.8) is 0 Å². The van der Waals surface area contributed by atoms with Gasteiger partial charge >= 0.3 is 0 Å². The predicted octanol–water partition coefficient (Wildman–Crippen LogP) is 2.10. The lowest BCUT2D eigenvalue weighted by molar-refractivity contribution is 0.428. The highest BCUT2D eigenvalue weighted by Crippen LogP contribution is 2.33. The van der Waals surface area contributed by atoms with Crippen LogP contribution in [0, 0.1) is 0 Å². The molecule has 1 aliphatic carbocycles. The lowest BCUT2D eigenvalue weighted by Gasteiger charge is -2.20. The molecule has 17 heavy (non-hydrogen) atoms. The quantitative estimate of drug-likeness (QED) is 0.824. The summed E-state index contributed by atoms with van der Waals surface area (Å²) in [6, 6.07) is 0. The van der Waals surface area contributed by atoms with Crippen molar-refractivity contribution < 1.29 is 0 Å². The molecule has 4 nitrogen and oxygen atoms in total. The molecule has 2 N–H and O–H groups in total. The van der Waals surface area contributed by atoms with E-state index in [9.17, 15) is 0 Å². The average molecular weight is 234 g/mol. The first-order valence-electron chi connectivity index (χ1n) is 6.91. The number of nitrogens with zero attached hydrogens (tertiary/aromatic N) is 2. The Kier molecular flexibility index (Phi) is 2.90. The number of hydrogen-bond acceptors (Lipinski definition) is 3. The largest absolute Gasteiger partial charge is 0.316 e. The van der Waals surface area contributed by atoms with Crippen molar-refractivity contribution in [1.29, 1.82) is 0 Å². The second-order valence-electron chi connectivity index (χ2n) is 5.87. The van der Waals surface area contributed by atoms with Crippen molar-refractivity contribution >= 4 is 0 Å². The number of hydrogen-bond donors (Lipinski definition) is 2. The van der Waals surface area contributed by atoms with Gasteiger partial charge < -0.3 is 5.32 Å². The van der Waals surface area contributed by atoms with Gasteiger partial charge in [-0.15, -0.1) is 0 Å². The lowest BCUT2D eigenvalue weighted by atomic mass is 9.88. The zero-order valence-corrected chi connectivity index (χ0v) is 10.6. The van der Waals surface area contributed by atoms with Crippen molar-refractivity contribution in [2.24, 2.45) is 0 Å². The summed E-state index contributed by atoms with van der Waals surface area (Å²) in [5.41, 5.74) is 0.142. The Hall–Kier alpha value is -0.900. The Bertz CT molecular complexity index is 373. The minimum Gasteiger partial charge on any atom is -0.316 e. The number of nitrogens with one attached hydrogen (secondary N) is 2. The number of rotatable bonds is 2. The fraction of sp³-hybridized carbons (Fsp3) is 0.846. The van der Waals surface area contributed by atoms with Crippen LogP contribution in [0.4, 0.5) is 0 Å². The molecule has 0 amide bonds. The summed E-state index contributed by atoms with van der Waals surface area (Å²) in [6.45, 7) is 4.36. The molecule has 1 unspecified atom stereocenters. The third-order valence-electron chi connectivity index (χ3n) is 4.40. The van der Waals surface area contributed by atoms with E-state index < -0.39 is 0 Å². The van der Waals surface area contributed by atoms with Gasteiger partial charge in [0.1, 0.15) is 5.82 Å². The molecule has 1 aromatic heterocycles. The van der Waals surface area contributed by atoms with Crippen LogP contribution in [0.25, 0.3) is 0 Å². The monoisotopic (exact) mass is 234 g/mol. The summed E-state index contributed by atoms with van der Waals surface area (Å²) in [7, 11) is 0. The summed E-state index contributed by atoms with van der Waals surface area (Å²) < 4.78 is 0. The molecule has 1 aliphatic heterocycles. The van der Waals surface area contributed by atoms with Gasteiger partial charge in [0.15, 0.2) is 5.82 Å². The molecule has 3 rings (SSSR count). The summed E-state index contributed by atoms with van der Waals surface area (Å²) in [6.07, 6.45) is 7.79. The zero-order valence-electron chi connectivity index (χ0n) is 10.6. The van der Waals surface area contributed by atoms with E-state index in [1.165, 1.54) is 32.1 Å². The van der Waals surface area contributed by atoms with E-state index in [0.29, 0.717) is 5.92 Å². The Morgan fingerprint density at radius 2 is 2.06 bits per heavy atom. The van der Waals surface area contributed by atoms with Crippen molar-refractivity contribution in [3.8, 4) is 0 Å². The Balaban J connectivity index is 1.77. The standard InChI is InChI=1S/C13H22N4/c1-13(7-8-14-9-13)12-15-11(16-17-12)10-5-3-2-4-6-10/h10,14H,2-9H2,1H3,(H,15,16,17). The minimum atomic E-state index is 0.142. The molecule has 1 aromatic rings. The maximum absolute atomic E-state index is 4.78. The van der Waals surface area contributed by atoms with E-state index in [2.05, 4.69) is 22.4 Å². The summed E-state index contributed by atoms with van der Waals surface area (Å²) in [5, 5.41) is 11.1. The van der Waals surface area contributed by atoms with Crippen molar-refractivity contribution in [2.45, 2.75) is 56.8 Å². The van der Waals surface area contributed by atoms with E-state index in [0.717, 1.165) is 31.2 Å². The molecule has 94 valence electrons. The highest BCUT2D eigenvalue weighted by molar-refractivity contribution is 5.12. The number of H-pyrrole nitrogens is 1. The molecule has 1 atom stereocenters. The fourth-order valence-corrected chi connectivity index (χ4v) is 3.11. The van der Waals surface area contributed by atoms with Crippen molar-refractivity contribution in [1.82, 2.24) is 20.5 Å². The van der Waals surface area contributed by atoms with Gasteiger partial charge in [-0.25, -0.2) is 4.98 Å². The first kappa shape index (κ1) is 11.2. The predicted molar refractivity (Wildman–Crippen MR) is 67.0 cm³/mol. The minimum absolute atomic E-state index is 0.142. The topological polar surface area (TPSA) is 53.6 Å². The summed E-state index contributed by atoms with van der Waals surface area (Å²) in [4.78, 5) is 4.78. The Morgan fingerprint density at radius 1 is 1.24 bits per heavy atom. The van der Waals surface area contributed by atoms with Gasteiger partial charge in [-0.1, -0.05) is 26.2 Å². The van der Waals surface area contributed by atoms with Crippen LogP contribution in [0.2, 0.25) is 0 Å². The van der Waals surface area contributed by atoms with Crippen LogP contribution < -0.4 is 5.32 Å². The highest BCUT2D eigenvalue weighted by atomic mass is 15.2. The molecule has 0 aromatic carbocycles. The van der Waals surface area contributed by atoms with Gasteiger partial charge in [-0.3, -0.25) is 5.10 Å². The Morgan fingerprint density at radius 3 is 2.76 bits per heavy atom. The molecule has 0 spiro atoms. The third-order valence-corrected chi connectivity index (χ3v) is 4.40. The smallest absolute Gasteiger partial charge is 0.157 e. The second kappa shape index (κ2) is 4.41. The molecule has 2 aliphatic rings. The number of aromatic nitrogens is 3. The van der Waals surface area contributed by atoms with E-state index in [1.807, 2.05) is 0 Å². The third kappa shape index (κ3) is 2.10. The molecule has 2 heterocycles. The second-order valence-corrected chi connectivity index (χ2v) is 5.87. The fourth-order valence-electron chi connectivity index (χ4n) is 3.11. The molecule has 1 saturated carbocycles. The van der Waals surface area contributed by atoms with Gasteiger partial charge in [0.05, 0.1) is 0 Å². The van der Waals surface area contributed by atoms with E-state index in [-0.39, 0.29) is 5.41 Å². The van der Waals surface area contributed by atoms with Crippen LogP contribution in [-0.4, -0.2) is 28.3 Å². The molecular weight excluding hydrogens is 212 g/mol. The van der Waals surface area contributed by atoms with E-state index >= 15 is 0 Å². The Labute approximate surface area is 103 Å². The molecule has 2 fully saturated rings. The van der Waals surface area contributed by atoms with Crippen LogP contribution >= 0.6 is 0 Å². The average Bonchev–Trinajstić information content (AvgIpc) is 2.99. The van der Waals surface area contributed by atoms with Crippen molar-refractivity contribution in [3.05, 3.63) is 11.6 Å². The first-order chi connectivity index (χ1) is 8.28. The van der Waals surface area contributed by atoms with E-state index in [4.69, 9.17) is 4.98 Å². The summed E-state index contributed by atoms with van der Waals surface area (Å²) in [5.74, 6) is 2.78. The molecule has 0 bridgehead atoms. The maximum atomic E-state index is 4.78. The SMILES string of the molecule is CC1(c2n[nH]c(C3CCCCC3)n2)CCNC1. The molecular formula is C13H22N4. The number of aromatic amines is 1. The zero-order chi connectivity index (χ0) is 11.7. The molecule has 1 saturated heterocycles. The van der Waals surface area contributed by atoms with Gasteiger partial charge in [0.25, 0.3) is 0 Å². The van der Waals surface area contributed by atoms with Gasteiger partial charge in [0, 0.05) is 17.9 Å². The van der Waals surface area contributed by atoms with E-state index in [1.54, 1.807) is 0 Å². The summed E-state index contributed by atoms with van der Waals surface area (Å²) >= 11 is 0. The van der Waals surface area contributed by atoms with Crippen LogP contribution in [-0.2, 0) is 5.41 Å². The maximum Gasteiger partial charge on any atom is 0.157 e. The first-order valence-corrected chi connectivity index (χ1v) is 6.91. The van der Waals surface area contributed by atoms with Crippen molar-refractivity contribution in [2.75, 3.05) is 13.1 Å². The van der Waals surface area contributed by atoms with Gasteiger partial charge in [-0.2, -0.15) is 5.10 Å². The normalized spacial score (nSPS) is 30.9. The van der Waals surface area contributed by atoms with Crippen LogP contribution in [0.1, 0.15) is 63.0 Å². The van der Waals surface area contributed by atoms with Crippen LogP contribution in [0.15, 0.2) is 0 Å². The van der Waals surface area contributed by atoms with Gasteiger partial charge in [0.2, 0.25) is 0 Å². The molecule has 0 radical (unpaired) electrons. The van der Waals surface area contributed by atoms with Crippen LogP contribution in [0.5, 0.6) is 0 Å². The lowest BCUT2D eigenvalue weighted by Crippen LogP contribution is -2.26. The van der Waals surface area contributed by atoms with Crippen LogP contribution in [0.3, 0.4) is 0 Å².